The lowest BCUT2D eigenvalue weighted by Crippen LogP contribution is -2.46. The molecule has 2 aromatic carbocycles. The van der Waals surface area contributed by atoms with Gasteiger partial charge in [0.15, 0.2) is 0 Å². The fraction of sp³-hybridized carbons (Fsp3) is 0.304. The molecular formula is C23H25FN4O4. The summed E-state index contributed by atoms with van der Waals surface area (Å²) in [4.78, 5) is 38.8. The molecule has 0 fully saturated rings. The molecule has 0 bridgehead atoms. The second-order valence-corrected chi connectivity index (χ2v) is 7.46. The molecule has 168 valence electrons. The average Bonchev–Trinajstić information content (AvgIpc) is 2.77. The minimum absolute atomic E-state index is 0.0568. The summed E-state index contributed by atoms with van der Waals surface area (Å²) in [5, 5.41) is 6.60. The number of rotatable bonds is 8. The topological polar surface area (TPSA) is 95.2 Å². The van der Waals surface area contributed by atoms with Crippen molar-refractivity contribution in [1.82, 2.24) is 19.7 Å². The highest BCUT2D eigenvalue weighted by molar-refractivity contribution is 5.91. The number of amides is 1. The Bertz CT molecular complexity index is 1230. The van der Waals surface area contributed by atoms with Gasteiger partial charge in [0.2, 0.25) is 5.69 Å². The molecule has 8 nitrogen and oxygen atoms in total. The van der Waals surface area contributed by atoms with Crippen LogP contribution in [0.4, 0.5) is 4.39 Å². The summed E-state index contributed by atoms with van der Waals surface area (Å²) in [5.41, 5.74) is 0.206. The first-order valence-electron chi connectivity index (χ1n) is 10.1. The van der Waals surface area contributed by atoms with E-state index < -0.39 is 28.7 Å². The number of carbonyl (C=O) groups excluding carboxylic acids is 1. The van der Waals surface area contributed by atoms with Gasteiger partial charge in [-0.15, -0.1) is 0 Å². The van der Waals surface area contributed by atoms with E-state index in [-0.39, 0.29) is 18.8 Å². The number of halogens is 1. The van der Waals surface area contributed by atoms with Crippen LogP contribution in [0, 0.1) is 19.7 Å². The summed E-state index contributed by atoms with van der Waals surface area (Å²) >= 11 is 0. The number of methoxy groups -OCH3 is 1. The molecule has 0 unspecified atom stereocenters. The predicted octanol–water partition coefficient (Wildman–Crippen LogP) is 1.96. The maximum Gasteiger partial charge on any atom is 0.352 e. The Morgan fingerprint density at radius 1 is 1.12 bits per heavy atom. The van der Waals surface area contributed by atoms with Gasteiger partial charge in [-0.1, -0.05) is 35.9 Å². The van der Waals surface area contributed by atoms with Gasteiger partial charge in [-0.3, -0.25) is 14.2 Å². The average molecular weight is 440 g/mol. The third-order valence-corrected chi connectivity index (χ3v) is 4.95. The van der Waals surface area contributed by atoms with Crippen LogP contribution in [0.15, 0.2) is 52.1 Å². The first kappa shape index (κ1) is 23.1. The van der Waals surface area contributed by atoms with Gasteiger partial charge in [0, 0.05) is 26.3 Å². The van der Waals surface area contributed by atoms with E-state index in [1.165, 1.54) is 12.1 Å². The zero-order chi connectivity index (χ0) is 23.3. The molecule has 0 aliphatic heterocycles. The third kappa shape index (κ3) is 5.17. The van der Waals surface area contributed by atoms with Gasteiger partial charge >= 0.3 is 5.69 Å². The highest BCUT2D eigenvalue weighted by Crippen LogP contribution is 2.11. The van der Waals surface area contributed by atoms with Gasteiger partial charge in [0.1, 0.15) is 5.82 Å². The minimum Gasteiger partial charge on any atom is -0.385 e. The van der Waals surface area contributed by atoms with Crippen molar-refractivity contribution < 1.29 is 13.9 Å². The number of aromatic nitrogens is 3. The monoisotopic (exact) mass is 440 g/mol. The Morgan fingerprint density at radius 3 is 2.50 bits per heavy atom. The fourth-order valence-corrected chi connectivity index (χ4v) is 3.06. The summed E-state index contributed by atoms with van der Waals surface area (Å²) < 4.78 is 20.9. The standard InChI is InChI=1S/C23H25FN4O4/c1-15-5-8-17(9-6-15)14-27-22(30)20(21(29)25-11-4-12-32-3)26-28(23(27)31)18-10-7-16(2)19(24)13-18/h5-10,13H,4,11-12,14H2,1-3H3,(H,25,29). The Morgan fingerprint density at radius 2 is 1.84 bits per heavy atom. The van der Waals surface area contributed by atoms with Crippen LogP contribution >= 0.6 is 0 Å². The van der Waals surface area contributed by atoms with Crippen molar-refractivity contribution >= 4 is 5.91 Å². The van der Waals surface area contributed by atoms with Gasteiger partial charge in [0.05, 0.1) is 12.2 Å². The molecule has 1 heterocycles. The number of nitrogens with zero attached hydrogens (tertiary/aromatic N) is 3. The van der Waals surface area contributed by atoms with Crippen molar-refractivity contribution in [3.05, 3.63) is 91.5 Å². The maximum atomic E-state index is 14.2. The number of aryl methyl sites for hydroxylation is 2. The Kier molecular flexibility index (Phi) is 7.32. The van der Waals surface area contributed by atoms with Crippen molar-refractivity contribution in [1.29, 1.82) is 0 Å². The summed E-state index contributed by atoms with van der Waals surface area (Å²) in [6.07, 6.45) is 0.544. The number of ether oxygens (including phenoxy) is 1. The molecule has 0 saturated heterocycles. The van der Waals surface area contributed by atoms with Crippen LogP contribution in [0.2, 0.25) is 0 Å². The van der Waals surface area contributed by atoms with E-state index in [1.807, 2.05) is 19.1 Å². The van der Waals surface area contributed by atoms with Gasteiger partial charge in [-0.25, -0.2) is 9.18 Å². The number of benzene rings is 2. The van der Waals surface area contributed by atoms with E-state index in [1.54, 1.807) is 26.2 Å². The van der Waals surface area contributed by atoms with Crippen molar-refractivity contribution in [2.24, 2.45) is 0 Å². The number of nitrogens with one attached hydrogen (secondary N) is 1. The second kappa shape index (κ2) is 10.1. The van der Waals surface area contributed by atoms with Crippen molar-refractivity contribution in [3.63, 3.8) is 0 Å². The molecule has 0 spiro atoms. The van der Waals surface area contributed by atoms with Gasteiger partial charge in [-0.05, 0) is 37.5 Å². The largest absolute Gasteiger partial charge is 0.385 e. The van der Waals surface area contributed by atoms with Crippen LogP contribution < -0.4 is 16.6 Å². The van der Waals surface area contributed by atoms with E-state index in [0.717, 1.165) is 20.9 Å². The molecule has 0 aliphatic rings. The summed E-state index contributed by atoms with van der Waals surface area (Å²) in [5.74, 6) is -1.25. The number of hydrogen-bond acceptors (Lipinski definition) is 5. The van der Waals surface area contributed by atoms with Crippen LogP contribution in [-0.2, 0) is 11.3 Å². The quantitative estimate of drug-likeness (QED) is 0.541. The van der Waals surface area contributed by atoms with Crippen molar-refractivity contribution in [2.75, 3.05) is 20.3 Å². The van der Waals surface area contributed by atoms with Crippen LogP contribution in [-0.4, -0.2) is 40.5 Å². The maximum absolute atomic E-state index is 14.2. The first-order chi connectivity index (χ1) is 15.3. The molecule has 3 aromatic rings. The van der Waals surface area contributed by atoms with Gasteiger partial charge in [-0.2, -0.15) is 9.78 Å². The SMILES string of the molecule is COCCCNC(=O)c1nn(-c2ccc(C)c(F)c2)c(=O)n(Cc2ccc(C)cc2)c1=O. The molecule has 0 aliphatic carbocycles. The Hall–Kier alpha value is -3.59. The van der Waals surface area contributed by atoms with Crippen molar-refractivity contribution in [2.45, 2.75) is 26.8 Å². The molecule has 0 saturated carbocycles. The zero-order valence-electron chi connectivity index (χ0n) is 18.2. The van der Waals surface area contributed by atoms with E-state index in [0.29, 0.717) is 24.2 Å². The highest BCUT2D eigenvalue weighted by atomic mass is 19.1. The lowest BCUT2D eigenvalue weighted by Gasteiger charge is -2.13. The normalized spacial score (nSPS) is 10.9. The van der Waals surface area contributed by atoms with E-state index in [4.69, 9.17) is 4.74 Å². The molecule has 1 aromatic heterocycles. The lowest BCUT2D eigenvalue weighted by atomic mass is 10.1. The second-order valence-electron chi connectivity index (χ2n) is 7.46. The van der Waals surface area contributed by atoms with Crippen molar-refractivity contribution in [3.8, 4) is 5.69 Å². The fourth-order valence-electron chi connectivity index (χ4n) is 3.06. The van der Waals surface area contributed by atoms with Crippen LogP contribution in [0.3, 0.4) is 0 Å². The number of hydrogen-bond donors (Lipinski definition) is 1. The van der Waals surface area contributed by atoms with Gasteiger partial charge in [0.25, 0.3) is 11.5 Å². The smallest absolute Gasteiger partial charge is 0.352 e. The summed E-state index contributed by atoms with van der Waals surface area (Å²) in [7, 11) is 1.55. The third-order valence-electron chi connectivity index (χ3n) is 4.95. The molecule has 0 radical (unpaired) electrons. The van der Waals surface area contributed by atoms with Gasteiger partial charge < -0.3 is 10.1 Å². The summed E-state index contributed by atoms with van der Waals surface area (Å²) in [6.45, 7) is 4.16. The van der Waals surface area contributed by atoms with E-state index in [9.17, 15) is 18.8 Å². The van der Waals surface area contributed by atoms with E-state index >= 15 is 0 Å². The molecule has 32 heavy (non-hydrogen) atoms. The van der Waals surface area contributed by atoms with Crippen LogP contribution in [0.1, 0.15) is 33.6 Å². The minimum atomic E-state index is -0.816. The van der Waals surface area contributed by atoms with Crippen LogP contribution in [0.5, 0.6) is 0 Å². The molecule has 3 rings (SSSR count). The van der Waals surface area contributed by atoms with Crippen LogP contribution in [0.25, 0.3) is 5.69 Å². The molecule has 0 atom stereocenters. The molecule has 1 amide bonds. The Labute approximate surface area is 184 Å². The molecule has 1 N–H and O–H groups in total. The highest BCUT2D eigenvalue weighted by Gasteiger charge is 2.20. The predicted molar refractivity (Wildman–Crippen MR) is 118 cm³/mol. The Balaban J connectivity index is 2.10. The summed E-state index contributed by atoms with van der Waals surface area (Å²) in [6, 6.07) is 11.5. The molecular weight excluding hydrogens is 415 g/mol. The molecule has 9 heteroatoms. The lowest BCUT2D eigenvalue weighted by molar-refractivity contribution is 0.0938. The van der Waals surface area contributed by atoms with E-state index in [2.05, 4.69) is 10.4 Å². The number of carbonyl (C=O) groups is 1. The first-order valence-corrected chi connectivity index (χ1v) is 10.1. The zero-order valence-corrected chi connectivity index (χ0v) is 18.2.